The number of carbonyl (C=O) groups excluding carboxylic acids is 2. The Labute approximate surface area is 138 Å². The van der Waals surface area contributed by atoms with E-state index in [0.717, 1.165) is 18.4 Å². The molecule has 3 unspecified atom stereocenters. The number of benzene rings is 1. The van der Waals surface area contributed by atoms with E-state index in [9.17, 15) is 9.59 Å². The molecule has 0 saturated carbocycles. The maximum atomic E-state index is 12.4. The lowest BCUT2D eigenvalue weighted by atomic mass is 9.98. The summed E-state index contributed by atoms with van der Waals surface area (Å²) >= 11 is 0. The smallest absolute Gasteiger partial charge is 0.417 e. The van der Waals surface area contributed by atoms with E-state index in [1.807, 2.05) is 37.3 Å². The summed E-state index contributed by atoms with van der Waals surface area (Å²) in [5.41, 5.74) is 0.931. The SMILES string of the molecule is CCCCC(C)CCC(=O)N1C(=O)OC(c2ccccc2)C1C. The topological polar surface area (TPSA) is 46.6 Å². The van der Waals surface area contributed by atoms with E-state index in [4.69, 9.17) is 4.74 Å². The summed E-state index contributed by atoms with van der Waals surface area (Å²) in [4.78, 5) is 25.9. The van der Waals surface area contributed by atoms with E-state index in [1.165, 1.54) is 17.7 Å². The van der Waals surface area contributed by atoms with Crippen LogP contribution < -0.4 is 0 Å². The van der Waals surface area contributed by atoms with Crippen LogP contribution in [-0.2, 0) is 9.53 Å². The molecule has 1 aromatic rings. The molecule has 0 aromatic heterocycles. The first-order chi connectivity index (χ1) is 11.0. The van der Waals surface area contributed by atoms with Gasteiger partial charge in [0.1, 0.15) is 6.10 Å². The zero-order valence-electron chi connectivity index (χ0n) is 14.3. The normalized spacial score (nSPS) is 22.0. The van der Waals surface area contributed by atoms with E-state index in [-0.39, 0.29) is 18.1 Å². The first kappa shape index (κ1) is 17.5. The van der Waals surface area contributed by atoms with Gasteiger partial charge in [0.05, 0.1) is 6.04 Å². The van der Waals surface area contributed by atoms with Gasteiger partial charge in [0.15, 0.2) is 0 Å². The van der Waals surface area contributed by atoms with Crippen molar-refractivity contribution in [1.82, 2.24) is 4.90 Å². The van der Waals surface area contributed by atoms with Crippen LogP contribution in [0.1, 0.15) is 64.5 Å². The number of ether oxygens (including phenoxy) is 1. The molecule has 0 aliphatic carbocycles. The van der Waals surface area contributed by atoms with Crippen LogP contribution in [-0.4, -0.2) is 22.9 Å². The first-order valence-electron chi connectivity index (χ1n) is 8.62. The lowest BCUT2D eigenvalue weighted by Crippen LogP contribution is -2.37. The maximum absolute atomic E-state index is 12.4. The monoisotopic (exact) mass is 317 g/mol. The Morgan fingerprint density at radius 3 is 2.61 bits per heavy atom. The number of hydrogen-bond acceptors (Lipinski definition) is 3. The third-order valence-corrected chi connectivity index (χ3v) is 4.57. The molecule has 1 aromatic carbocycles. The zero-order chi connectivity index (χ0) is 16.8. The van der Waals surface area contributed by atoms with Crippen molar-refractivity contribution in [3.05, 3.63) is 35.9 Å². The largest absolute Gasteiger partial charge is 0.439 e. The highest BCUT2D eigenvalue weighted by Crippen LogP contribution is 2.33. The molecule has 4 nitrogen and oxygen atoms in total. The highest BCUT2D eigenvalue weighted by Gasteiger charge is 2.42. The molecule has 1 heterocycles. The quantitative estimate of drug-likeness (QED) is 0.732. The van der Waals surface area contributed by atoms with Crippen molar-refractivity contribution in [2.24, 2.45) is 5.92 Å². The van der Waals surface area contributed by atoms with E-state index >= 15 is 0 Å². The average molecular weight is 317 g/mol. The molecule has 1 fully saturated rings. The summed E-state index contributed by atoms with van der Waals surface area (Å²) in [5, 5.41) is 0. The molecular weight excluding hydrogens is 290 g/mol. The van der Waals surface area contributed by atoms with E-state index in [2.05, 4.69) is 13.8 Å². The third kappa shape index (κ3) is 4.34. The second-order valence-corrected chi connectivity index (χ2v) is 6.51. The van der Waals surface area contributed by atoms with Crippen LogP contribution in [0.25, 0.3) is 0 Å². The highest BCUT2D eigenvalue weighted by molar-refractivity contribution is 5.93. The minimum atomic E-state index is -0.516. The molecule has 0 bridgehead atoms. The summed E-state index contributed by atoms with van der Waals surface area (Å²) < 4.78 is 5.43. The van der Waals surface area contributed by atoms with Gasteiger partial charge in [0, 0.05) is 6.42 Å². The molecule has 23 heavy (non-hydrogen) atoms. The van der Waals surface area contributed by atoms with Gasteiger partial charge in [-0.05, 0) is 24.8 Å². The number of carbonyl (C=O) groups is 2. The Hall–Kier alpha value is -1.84. The molecule has 0 spiro atoms. The number of nitrogens with zero attached hydrogens (tertiary/aromatic N) is 1. The second-order valence-electron chi connectivity index (χ2n) is 6.51. The van der Waals surface area contributed by atoms with Crippen molar-refractivity contribution in [3.63, 3.8) is 0 Å². The Bertz CT molecular complexity index is 529. The maximum Gasteiger partial charge on any atom is 0.417 e. The molecule has 1 aliphatic rings. The van der Waals surface area contributed by atoms with E-state index in [0.29, 0.717) is 12.3 Å². The zero-order valence-corrected chi connectivity index (χ0v) is 14.3. The summed E-state index contributed by atoms with van der Waals surface area (Å²) in [6.45, 7) is 6.21. The molecule has 1 saturated heterocycles. The third-order valence-electron chi connectivity index (χ3n) is 4.57. The minimum absolute atomic E-state index is 0.121. The van der Waals surface area contributed by atoms with Crippen molar-refractivity contribution < 1.29 is 14.3 Å². The summed E-state index contributed by atoms with van der Waals surface area (Å²) in [6, 6.07) is 9.34. The van der Waals surface area contributed by atoms with Gasteiger partial charge in [0.25, 0.3) is 0 Å². The van der Waals surface area contributed by atoms with Gasteiger partial charge in [-0.25, -0.2) is 9.69 Å². The summed E-state index contributed by atoms with van der Waals surface area (Å²) in [7, 11) is 0. The van der Waals surface area contributed by atoms with Crippen molar-refractivity contribution in [3.8, 4) is 0 Å². The Morgan fingerprint density at radius 1 is 1.26 bits per heavy atom. The standard InChI is InChI=1S/C19H27NO3/c1-4-5-9-14(2)12-13-17(21)20-15(3)18(23-19(20)22)16-10-7-6-8-11-16/h6-8,10-11,14-15,18H,4-5,9,12-13H2,1-3H3. The molecule has 126 valence electrons. The molecular formula is C19H27NO3. The fraction of sp³-hybridized carbons (Fsp3) is 0.579. The molecule has 2 amide bonds. The molecule has 1 aliphatic heterocycles. The highest BCUT2D eigenvalue weighted by atomic mass is 16.6. The molecule has 3 atom stereocenters. The van der Waals surface area contributed by atoms with Gasteiger partial charge in [0.2, 0.25) is 5.91 Å². The van der Waals surface area contributed by atoms with Crippen molar-refractivity contribution in [1.29, 1.82) is 0 Å². The van der Waals surface area contributed by atoms with Crippen molar-refractivity contribution in [2.75, 3.05) is 0 Å². The fourth-order valence-electron chi connectivity index (χ4n) is 3.07. The van der Waals surface area contributed by atoms with Gasteiger partial charge in [-0.15, -0.1) is 0 Å². The van der Waals surface area contributed by atoms with Gasteiger partial charge in [-0.2, -0.15) is 0 Å². The lowest BCUT2D eigenvalue weighted by molar-refractivity contribution is -0.129. The Morgan fingerprint density at radius 2 is 1.96 bits per heavy atom. The fourth-order valence-corrected chi connectivity index (χ4v) is 3.07. The predicted octanol–water partition coefficient (Wildman–Crippen LogP) is 4.70. The lowest BCUT2D eigenvalue weighted by Gasteiger charge is -2.20. The number of imide groups is 1. The van der Waals surface area contributed by atoms with Gasteiger partial charge in [-0.3, -0.25) is 4.79 Å². The number of cyclic esters (lactones) is 1. The number of rotatable bonds is 7. The van der Waals surface area contributed by atoms with Gasteiger partial charge in [-0.1, -0.05) is 63.4 Å². The number of amides is 2. The molecule has 0 radical (unpaired) electrons. The summed E-state index contributed by atoms with van der Waals surface area (Å²) in [5.74, 6) is 0.391. The predicted molar refractivity (Wildman–Crippen MR) is 89.9 cm³/mol. The van der Waals surface area contributed by atoms with Crippen LogP contribution in [0, 0.1) is 5.92 Å². The summed E-state index contributed by atoms with van der Waals surface area (Å²) in [6.07, 6.45) is 3.84. The Kier molecular flexibility index (Phi) is 6.20. The van der Waals surface area contributed by atoms with Crippen molar-refractivity contribution >= 4 is 12.0 Å². The van der Waals surface area contributed by atoms with E-state index < -0.39 is 6.09 Å². The number of unbranched alkanes of at least 4 members (excludes halogenated alkanes) is 1. The van der Waals surface area contributed by atoms with Crippen LogP contribution in [0.15, 0.2) is 30.3 Å². The number of hydrogen-bond donors (Lipinski definition) is 0. The molecule has 2 rings (SSSR count). The first-order valence-corrected chi connectivity index (χ1v) is 8.62. The second kappa shape index (κ2) is 8.14. The van der Waals surface area contributed by atoms with Crippen LogP contribution in [0.5, 0.6) is 0 Å². The van der Waals surface area contributed by atoms with Gasteiger partial charge < -0.3 is 4.74 Å². The van der Waals surface area contributed by atoms with Gasteiger partial charge >= 0.3 is 6.09 Å². The van der Waals surface area contributed by atoms with Crippen LogP contribution in [0.3, 0.4) is 0 Å². The van der Waals surface area contributed by atoms with E-state index in [1.54, 1.807) is 0 Å². The molecule has 0 N–H and O–H groups in total. The van der Waals surface area contributed by atoms with Crippen molar-refractivity contribution in [2.45, 2.75) is 65.0 Å². The average Bonchev–Trinajstić information content (AvgIpc) is 2.86. The van der Waals surface area contributed by atoms with Crippen LogP contribution in [0.4, 0.5) is 4.79 Å². The van der Waals surface area contributed by atoms with Crippen LogP contribution in [0.2, 0.25) is 0 Å². The Balaban J connectivity index is 1.94. The van der Waals surface area contributed by atoms with Crippen LogP contribution >= 0.6 is 0 Å². The minimum Gasteiger partial charge on any atom is -0.439 e. The molecule has 4 heteroatoms.